The summed E-state index contributed by atoms with van der Waals surface area (Å²) in [6, 6.07) is 35.8. The molecule has 398 valence electrons. The Morgan fingerprint density at radius 3 is 1.29 bits per heavy atom. The third kappa shape index (κ3) is 24.5. The highest BCUT2D eigenvalue weighted by atomic mass is 16.5. The zero-order valence-electron chi connectivity index (χ0n) is 45.4. The van der Waals surface area contributed by atoms with Gasteiger partial charge in [-0.05, 0) is 78.7 Å². The van der Waals surface area contributed by atoms with Crippen molar-refractivity contribution in [2.45, 2.75) is 237 Å². The topological polar surface area (TPSA) is 99.7 Å². The average Bonchev–Trinajstić information content (AvgIpc) is 3.42. The molecule has 0 heterocycles. The van der Waals surface area contributed by atoms with Crippen LogP contribution in [0.25, 0.3) is 0 Å². The van der Waals surface area contributed by atoms with Gasteiger partial charge >= 0.3 is 0 Å². The third-order valence-corrected chi connectivity index (χ3v) is 14.8. The number of benzene rings is 4. The Morgan fingerprint density at radius 2 is 0.889 bits per heavy atom. The summed E-state index contributed by atoms with van der Waals surface area (Å²) in [4.78, 5) is 27.1. The van der Waals surface area contributed by atoms with Gasteiger partial charge in [-0.1, -0.05) is 272 Å². The Balaban J connectivity index is 1.07. The van der Waals surface area contributed by atoms with Crippen LogP contribution in [0.4, 0.5) is 5.69 Å². The maximum absolute atomic E-state index is 13.7. The van der Waals surface area contributed by atoms with Crippen molar-refractivity contribution in [3.63, 3.8) is 0 Å². The summed E-state index contributed by atoms with van der Waals surface area (Å²) < 4.78 is 5.52. The molecule has 0 fully saturated rings. The number of nitrogens with one attached hydrogen (secondary N) is 3. The van der Waals surface area contributed by atoms with Crippen LogP contribution in [0.1, 0.15) is 241 Å². The van der Waals surface area contributed by atoms with Crippen molar-refractivity contribution < 1.29 is 19.4 Å². The van der Waals surface area contributed by atoms with Crippen molar-refractivity contribution in [2.75, 3.05) is 19.0 Å². The van der Waals surface area contributed by atoms with Crippen molar-refractivity contribution in [2.24, 2.45) is 0 Å². The number of aliphatic hydroxyl groups excluding tert-OH is 1. The Morgan fingerprint density at radius 1 is 0.486 bits per heavy atom. The number of carbonyl (C=O) groups is 2. The van der Waals surface area contributed by atoms with E-state index >= 15 is 0 Å². The first-order valence-corrected chi connectivity index (χ1v) is 29.3. The summed E-state index contributed by atoms with van der Waals surface area (Å²) in [5, 5.41) is 19.6. The highest BCUT2D eigenvalue weighted by Crippen LogP contribution is 2.37. The number of anilines is 1. The van der Waals surface area contributed by atoms with Crippen LogP contribution in [0.5, 0.6) is 5.75 Å². The number of rotatable bonds is 44. The number of amides is 2. The summed E-state index contributed by atoms with van der Waals surface area (Å²) in [5.41, 5.74) is 4.16. The van der Waals surface area contributed by atoms with E-state index < -0.39 is 11.6 Å². The summed E-state index contributed by atoms with van der Waals surface area (Å²) >= 11 is 0. The highest BCUT2D eigenvalue weighted by Gasteiger charge is 2.36. The molecule has 0 spiro atoms. The second-order valence-corrected chi connectivity index (χ2v) is 20.7. The van der Waals surface area contributed by atoms with Gasteiger partial charge in [0.05, 0.1) is 19.3 Å². The molecule has 2 amide bonds. The van der Waals surface area contributed by atoms with Gasteiger partial charge in [-0.2, -0.15) is 0 Å². The van der Waals surface area contributed by atoms with Crippen molar-refractivity contribution in [1.29, 1.82) is 0 Å². The lowest BCUT2D eigenvalue weighted by Gasteiger charge is -2.37. The Kier molecular flexibility index (Phi) is 32.6. The Bertz CT molecular complexity index is 1880. The first kappa shape index (κ1) is 60.1. The minimum atomic E-state index is -0.659. The van der Waals surface area contributed by atoms with E-state index in [4.69, 9.17) is 4.74 Å². The van der Waals surface area contributed by atoms with E-state index in [-0.39, 0.29) is 18.4 Å². The second-order valence-electron chi connectivity index (χ2n) is 20.7. The van der Waals surface area contributed by atoms with Crippen LogP contribution in [0.2, 0.25) is 0 Å². The molecule has 0 aliphatic heterocycles. The molecule has 0 radical (unpaired) electrons. The average molecular weight is 987 g/mol. The first-order chi connectivity index (χ1) is 35.5. The molecule has 0 saturated carbocycles. The number of hydrogen-bond donors (Lipinski definition) is 4. The van der Waals surface area contributed by atoms with Gasteiger partial charge in [-0.3, -0.25) is 14.9 Å². The van der Waals surface area contributed by atoms with Crippen LogP contribution in [-0.2, 0) is 21.7 Å². The van der Waals surface area contributed by atoms with Gasteiger partial charge in [0.15, 0.2) is 0 Å². The Labute approximate surface area is 438 Å². The molecular formula is C65H99N3O4. The maximum Gasteiger partial charge on any atom is 0.246 e. The van der Waals surface area contributed by atoms with Crippen LogP contribution in [0.15, 0.2) is 109 Å². The number of carbonyl (C=O) groups excluding carboxylic acids is 2. The fourth-order valence-electron chi connectivity index (χ4n) is 10.4. The zero-order chi connectivity index (χ0) is 51.0. The van der Waals surface area contributed by atoms with Crippen molar-refractivity contribution in [1.82, 2.24) is 10.6 Å². The van der Waals surface area contributed by atoms with E-state index in [0.717, 1.165) is 60.1 Å². The van der Waals surface area contributed by atoms with E-state index in [1.807, 2.05) is 24.3 Å². The molecule has 0 saturated heterocycles. The monoisotopic (exact) mass is 986 g/mol. The molecule has 4 N–H and O–H groups in total. The van der Waals surface area contributed by atoms with Crippen molar-refractivity contribution in [3.05, 3.63) is 131 Å². The second kappa shape index (κ2) is 39.1. The molecule has 0 aromatic heterocycles. The number of aliphatic hydroxyl groups is 1. The maximum atomic E-state index is 13.7. The summed E-state index contributed by atoms with van der Waals surface area (Å²) in [7, 11) is 1.68. The molecule has 72 heavy (non-hydrogen) atoms. The van der Waals surface area contributed by atoms with Crippen LogP contribution in [-0.4, -0.2) is 36.6 Å². The van der Waals surface area contributed by atoms with Gasteiger partial charge in [-0.15, -0.1) is 0 Å². The van der Waals surface area contributed by atoms with E-state index in [0.29, 0.717) is 25.1 Å². The van der Waals surface area contributed by atoms with Crippen molar-refractivity contribution in [3.8, 4) is 5.75 Å². The molecule has 7 nitrogen and oxygen atoms in total. The fourth-order valence-corrected chi connectivity index (χ4v) is 10.4. The molecule has 7 heteroatoms. The molecule has 0 aliphatic carbocycles. The van der Waals surface area contributed by atoms with Gasteiger partial charge in [0.1, 0.15) is 11.8 Å². The van der Waals surface area contributed by atoms with E-state index in [2.05, 4.69) is 83.5 Å². The molecule has 1 unspecified atom stereocenters. The molecule has 1 atom stereocenters. The van der Waals surface area contributed by atoms with Crippen LogP contribution in [0, 0.1) is 0 Å². The molecule has 4 aromatic carbocycles. The number of unbranched alkanes of at least 4 members (excludes halogenated alkanes) is 29. The quantitative estimate of drug-likeness (QED) is 0.0261. The van der Waals surface area contributed by atoms with Gasteiger partial charge in [0.2, 0.25) is 11.8 Å². The number of hydrogen-bond acceptors (Lipinski definition) is 5. The van der Waals surface area contributed by atoms with Crippen LogP contribution in [0.3, 0.4) is 0 Å². The molecule has 0 bridgehead atoms. The minimum absolute atomic E-state index is 0.0606. The van der Waals surface area contributed by atoms with Crippen LogP contribution < -0.4 is 20.7 Å². The lowest BCUT2D eigenvalue weighted by atomic mass is 9.77. The largest absolute Gasteiger partial charge is 0.497 e. The van der Waals surface area contributed by atoms with Gasteiger partial charge in [-0.25, -0.2) is 0 Å². The summed E-state index contributed by atoms with van der Waals surface area (Å²) in [6.45, 7) is 2.92. The third-order valence-electron chi connectivity index (χ3n) is 14.8. The predicted octanol–water partition coefficient (Wildman–Crippen LogP) is 17.1. The van der Waals surface area contributed by atoms with E-state index in [1.54, 1.807) is 31.4 Å². The smallest absolute Gasteiger partial charge is 0.246 e. The fraction of sp³-hybridized carbons (Fsp3) is 0.600. The standard InChI is InChI=1S/C65H99N3O4/c1-3-4-5-6-7-8-9-10-11-12-13-14-15-16-17-18-19-20-21-22-23-24-25-26-27-28-29-30-37-45-63(70)68-62(64(71)67-60-50-46-56(55-69)47-51-60)44-38-39-54-66-65(57-40-33-31-34-41-57,58-42-35-32-36-43-58)59-48-52-61(72-2)53-49-59/h31-36,40-43,46-53,62,66,69H,3-30,37-39,44-45,54-55H2,1-2H3,(H,67,71)(H,68,70). The predicted molar refractivity (Wildman–Crippen MR) is 305 cm³/mol. The molecule has 4 rings (SSSR count). The molecule has 4 aromatic rings. The van der Waals surface area contributed by atoms with Crippen molar-refractivity contribution >= 4 is 17.5 Å². The molecular weight excluding hydrogens is 887 g/mol. The SMILES string of the molecule is CCCCCCCCCCCCCCCCCCCCCCCCCCCCCCCC(=O)NC(CCCCNC(c1ccccc1)(c1ccccc1)c1ccc(OC)cc1)C(=O)Nc1ccc(CO)cc1. The minimum Gasteiger partial charge on any atom is -0.497 e. The number of methoxy groups -OCH3 is 1. The van der Waals surface area contributed by atoms with E-state index in [9.17, 15) is 14.7 Å². The Hall–Kier alpha value is -4.46. The normalized spacial score (nSPS) is 11.9. The van der Waals surface area contributed by atoms with Gasteiger partial charge < -0.3 is 20.5 Å². The lowest BCUT2D eigenvalue weighted by Crippen LogP contribution is -2.45. The van der Waals surface area contributed by atoms with E-state index in [1.165, 1.54) is 167 Å². The molecule has 0 aliphatic rings. The van der Waals surface area contributed by atoms with Crippen LogP contribution >= 0.6 is 0 Å². The highest BCUT2D eigenvalue weighted by molar-refractivity contribution is 5.97. The number of ether oxygens (including phenoxy) is 1. The van der Waals surface area contributed by atoms with Gasteiger partial charge in [0, 0.05) is 12.1 Å². The van der Waals surface area contributed by atoms with Gasteiger partial charge in [0.25, 0.3) is 0 Å². The first-order valence-electron chi connectivity index (χ1n) is 29.3. The zero-order valence-corrected chi connectivity index (χ0v) is 45.4. The lowest BCUT2D eigenvalue weighted by molar-refractivity contribution is -0.126. The summed E-state index contributed by atoms with van der Waals surface area (Å²) in [5.74, 6) is 0.511. The summed E-state index contributed by atoms with van der Waals surface area (Å²) in [6.07, 6.45) is 42.1.